The van der Waals surface area contributed by atoms with Crippen LogP contribution in [0.3, 0.4) is 0 Å². The van der Waals surface area contributed by atoms with E-state index in [1.54, 1.807) is 0 Å². The van der Waals surface area contributed by atoms with E-state index in [-0.39, 0.29) is 12.1 Å². The van der Waals surface area contributed by atoms with E-state index >= 15 is 0 Å². The predicted octanol–water partition coefficient (Wildman–Crippen LogP) is 2.66. The number of nitrogens with one attached hydrogen (secondary N) is 1. The highest BCUT2D eigenvalue weighted by molar-refractivity contribution is 7.99. The minimum absolute atomic E-state index is 0.105. The Morgan fingerprint density at radius 2 is 1.87 bits per heavy atom. The minimum Gasteiger partial charge on any atom is -0.394 e. The molecule has 0 heterocycles. The van der Waals surface area contributed by atoms with Crippen molar-refractivity contribution >= 4 is 11.8 Å². The number of rotatable bonds is 8. The van der Waals surface area contributed by atoms with Crippen LogP contribution >= 0.6 is 11.8 Å². The highest BCUT2D eigenvalue weighted by Crippen LogP contribution is 2.17. The average Bonchev–Trinajstić information content (AvgIpc) is 2.11. The molecule has 1 unspecified atom stereocenters. The number of thioether (sulfide) groups is 1. The van der Waals surface area contributed by atoms with E-state index in [0.717, 1.165) is 6.42 Å². The van der Waals surface area contributed by atoms with Crippen LogP contribution in [0.5, 0.6) is 0 Å². The van der Waals surface area contributed by atoms with Crippen LogP contribution in [0.4, 0.5) is 0 Å². The Hall–Kier alpha value is 0.270. The predicted molar refractivity (Wildman–Crippen MR) is 70.6 cm³/mol. The zero-order valence-electron chi connectivity index (χ0n) is 10.8. The molecule has 0 aliphatic heterocycles. The van der Waals surface area contributed by atoms with Gasteiger partial charge in [0.2, 0.25) is 0 Å². The van der Waals surface area contributed by atoms with Gasteiger partial charge in [0.1, 0.15) is 0 Å². The van der Waals surface area contributed by atoms with Crippen molar-refractivity contribution in [2.24, 2.45) is 0 Å². The molecular formula is C12H27NOS. The first-order valence-electron chi connectivity index (χ1n) is 5.90. The summed E-state index contributed by atoms with van der Waals surface area (Å²) in [6.07, 6.45) is 2.21. The van der Waals surface area contributed by atoms with Gasteiger partial charge in [0.15, 0.2) is 0 Å². The Morgan fingerprint density at radius 3 is 2.27 bits per heavy atom. The van der Waals surface area contributed by atoms with Crippen molar-refractivity contribution in [3.05, 3.63) is 0 Å². The molecule has 0 saturated carbocycles. The summed E-state index contributed by atoms with van der Waals surface area (Å²) in [4.78, 5) is 0. The minimum atomic E-state index is -0.105. The van der Waals surface area contributed by atoms with Crippen molar-refractivity contribution in [3.8, 4) is 0 Å². The monoisotopic (exact) mass is 233 g/mol. The van der Waals surface area contributed by atoms with Gasteiger partial charge in [-0.15, -0.1) is 0 Å². The molecule has 2 N–H and O–H groups in total. The fraction of sp³-hybridized carbons (Fsp3) is 1.00. The van der Waals surface area contributed by atoms with Gasteiger partial charge in [-0.2, -0.15) is 11.8 Å². The topological polar surface area (TPSA) is 32.3 Å². The van der Waals surface area contributed by atoms with E-state index in [0.29, 0.717) is 11.3 Å². The third kappa shape index (κ3) is 8.12. The fourth-order valence-electron chi connectivity index (χ4n) is 1.68. The summed E-state index contributed by atoms with van der Waals surface area (Å²) in [7, 11) is 0. The van der Waals surface area contributed by atoms with Crippen molar-refractivity contribution in [2.75, 3.05) is 12.4 Å². The molecule has 0 aliphatic rings. The van der Waals surface area contributed by atoms with Gasteiger partial charge in [0.05, 0.1) is 6.61 Å². The molecule has 1 atom stereocenters. The molecule has 15 heavy (non-hydrogen) atoms. The summed E-state index contributed by atoms with van der Waals surface area (Å²) < 4.78 is 0. The van der Waals surface area contributed by atoms with Gasteiger partial charge in [-0.05, 0) is 30.8 Å². The Bertz CT molecular complexity index is 162. The maximum Gasteiger partial charge on any atom is 0.0610 e. The largest absolute Gasteiger partial charge is 0.394 e. The molecule has 3 heteroatoms. The highest BCUT2D eigenvalue weighted by Gasteiger charge is 2.22. The second-order valence-electron chi connectivity index (χ2n) is 5.04. The number of hydrogen-bond acceptors (Lipinski definition) is 3. The van der Waals surface area contributed by atoms with Crippen LogP contribution in [-0.2, 0) is 0 Å². The third-order valence-corrected chi connectivity index (χ3v) is 3.50. The third-order valence-electron chi connectivity index (χ3n) is 2.31. The Balaban J connectivity index is 3.77. The fourth-order valence-corrected chi connectivity index (χ4v) is 2.46. The van der Waals surface area contributed by atoms with Crippen LogP contribution in [0.25, 0.3) is 0 Å². The zero-order valence-corrected chi connectivity index (χ0v) is 11.7. The van der Waals surface area contributed by atoms with E-state index in [1.807, 2.05) is 11.8 Å². The average molecular weight is 233 g/mol. The Kier molecular flexibility index (Phi) is 7.66. The molecular weight excluding hydrogens is 206 g/mol. The number of aliphatic hydroxyl groups excluding tert-OH is 1. The first kappa shape index (κ1) is 15.3. The molecule has 0 rings (SSSR count). The summed E-state index contributed by atoms with van der Waals surface area (Å²) in [6.45, 7) is 11.0. The summed E-state index contributed by atoms with van der Waals surface area (Å²) >= 11 is 1.99. The smallest absolute Gasteiger partial charge is 0.0610 e. The normalized spacial score (nSPS) is 16.0. The molecule has 2 nitrogen and oxygen atoms in total. The molecule has 0 aromatic rings. The summed E-state index contributed by atoms with van der Waals surface area (Å²) in [5.74, 6) is 1.19. The molecule has 0 radical (unpaired) electrons. The Morgan fingerprint density at radius 1 is 1.27 bits per heavy atom. The lowest BCUT2D eigenvalue weighted by atomic mass is 9.96. The number of hydrogen-bond donors (Lipinski definition) is 2. The van der Waals surface area contributed by atoms with E-state index < -0.39 is 0 Å². The van der Waals surface area contributed by atoms with Crippen molar-refractivity contribution in [1.29, 1.82) is 0 Å². The maximum absolute atomic E-state index is 9.37. The summed E-state index contributed by atoms with van der Waals surface area (Å²) in [6, 6.07) is 0.430. The molecule has 92 valence electrons. The van der Waals surface area contributed by atoms with Crippen LogP contribution < -0.4 is 5.32 Å². The lowest BCUT2D eigenvalue weighted by Gasteiger charge is -2.31. The molecule has 0 bridgehead atoms. The van der Waals surface area contributed by atoms with Gasteiger partial charge in [-0.3, -0.25) is 0 Å². The van der Waals surface area contributed by atoms with Crippen LogP contribution in [0, 0.1) is 0 Å². The van der Waals surface area contributed by atoms with Crippen LogP contribution in [0.1, 0.15) is 47.5 Å². The zero-order chi connectivity index (χ0) is 11.9. The van der Waals surface area contributed by atoms with Crippen molar-refractivity contribution in [1.82, 2.24) is 5.32 Å². The quantitative estimate of drug-likeness (QED) is 0.632. The first-order valence-corrected chi connectivity index (χ1v) is 6.94. The van der Waals surface area contributed by atoms with Crippen molar-refractivity contribution in [2.45, 2.75) is 64.3 Å². The first-order chi connectivity index (χ1) is 6.89. The standard InChI is InChI=1S/C12H27NOS/c1-10(2)13-12(5,9-14)7-6-8-15-11(3)4/h10-11,13-14H,6-9H2,1-5H3. The van der Waals surface area contributed by atoms with Gasteiger partial charge in [-0.1, -0.05) is 27.7 Å². The van der Waals surface area contributed by atoms with Gasteiger partial charge in [-0.25, -0.2) is 0 Å². The lowest BCUT2D eigenvalue weighted by molar-refractivity contribution is 0.156. The molecule has 0 saturated heterocycles. The van der Waals surface area contributed by atoms with Crippen molar-refractivity contribution in [3.63, 3.8) is 0 Å². The van der Waals surface area contributed by atoms with E-state index in [9.17, 15) is 5.11 Å². The highest BCUT2D eigenvalue weighted by atomic mass is 32.2. The van der Waals surface area contributed by atoms with Gasteiger partial charge in [0.25, 0.3) is 0 Å². The van der Waals surface area contributed by atoms with Crippen LogP contribution in [-0.4, -0.2) is 34.3 Å². The molecule has 0 aromatic heterocycles. The van der Waals surface area contributed by atoms with E-state index in [2.05, 4.69) is 39.9 Å². The second kappa shape index (κ2) is 7.53. The van der Waals surface area contributed by atoms with Crippen LogP contribution in [0.2, 0.25) is 0 Å². The lowest BCUT2D eigenvalue weighted by Crippen LogP contribution is -2.49. The summed E-state index contributed by atoms with van der Waals surface area (Å²) in [5.41, 5.74) is -0.105. The van der Waals surface area contributed by atoms with Gasteiger partial charge >= 0.3 is 0 Å². The van der Waals surface area contributed by atoms with Gasteiger partial charge < -0.3 is 10.4 Å². The second-order valence-corrected chi connectivity index (χ2v) is 6.73. The molecule has 0 fully saturated rings. The van der Waals surface area contributed by atoms with Gasteiger partial charge in [0, 0.05) is 11.6 Å². The molecule has 0 aliphatic carbocycles. The summed E-state index contributed by atoms with van der Waals surface area (Å²) in [5, 5.41) is 13.5. The Labute approximate surface area is 99.2 Å². The van der Waals surface area contributed by atoms with Crippen molar-refractivity contribution < 1.29 is 5.11 Å². The maximum atomic E-state index is 9.37. The molecule has 0 spiro atoms. The SMILES string of the molecule is CC(C)NC(C)(CO)CCCSC(C)C. The van der Waals surface area contributed by atoms with Crippen LogP contribution in [0.15, 0.2) is 0 Å². The number of aliphatic hydroxyl groups is 1. The molecule has 0 aromatic carbocycles. The molecule has 0 amide bonds. The van der Waals surface area contributed by atoms with E-state index in [1.165, 1.54) is 12.2 Å². The van der Waals surface area contributed by atoms with E-state index in [4.69, 9.17) is 0 Å².